The second kappa shape index (κ2) is 27.4. The van der Waals surface area contributed by atoms with Gasteiger partial charge >= 0.3 is 42.0 Å². The number of hydrogen-bond donors (Lipinski definition) is 4. The number of amides is 3. The minimum Gasteiger partial charge on any atom is -0.467 e. The molecule has 3 amide bonds. The van der Waals surface area contributed by atoms with Gasteiger partial charge in [-0.2, -0.15) is 0 Å². The third kappa shape index (κ3) is 13.2. The van der Waals surface area contributed by atoms with Crippen molar-refractivity contribution in [1.82, 2.24) is 20.2 Å². The maximum Gasteiger partial charge on any atom is 0.407 e. The Bertz CT molecular complexity index is 4030. The zero-order chi connectivity index (χ0) is 66.0. The number of aliphatic hydroxyl groups is 1. The average Bonchev–Trinajstić information content (AvgIpc) is 1.62. The van der Waals surface area contributed by atoms with Crippen LogP contribution in [0.1, 0.15) is 103 Å². The molecule has 5 heterocycles. The molecule has 1 fully saturated rings. The van der Waals surface area contributed by atoms with E-state index >= 15 is 0 Å². The van der Waals surface area contributed by atoms with E-state index in [2.05, 4.69) is 16.0 Å². The second-order valence-corrected chi connectivity index (χ2v) is 23.1. The van der Waals surface area contributed by atoms with Crippen molar-refractivity contribution in [2.24, 2.45) is 0 Å². The number of aromatic nitrogens is 2. The molecule has 1 unspecified atom stereocenters. The van der Waals surface area contributed by atoms with Gasteiger partial charge in [-0.1, -0.05) is 73.1 Å². The summed E-state index contributed by atoms with van der Waals surface area (Å²) >= 11 is 6.79. The quantitative estimate of drug-likeness (QED) is 0.0337. The molecule has 3 aliphatic heterocycles. The average molecular weight is 1300 g/mol. The van der Waals surface area contributed by atoms with Crippen LogP contribution in [0.3, 0.4) is 0 Å². The fourth-order valence-corrected chi connectivity index (χ4v) is 12.9. The molecule has 0 radical (unpaired) electrons. The van der Waals surface area contributed by atoms with Crippen molar-refractivity contribution in [2.45, 2.75) is 122 Å². The van der Waals surface area contributed by atoms with Gasteiger partial charge in [0.05, 0.1) is 67.7 Å². The van der Waals surface area contributed by atoms with E-state index in [9.17, 15) is 48.3 Å². The molecule has 6 aromatic rings. The highest BCUT2D eigenvalue weighted by Gasteiger charge is 2.56. The molecular weight excluding hydrogens is 1230 g/mol. The van der Waals surface area contributed by atoms with Crippen molar-refractivity contribution in [1.29, 1.82) is 0 Å². The van der Waals surface area contributed by atoms with Crippen LogP contribution in [0.15, 0.2) is 83.7 Å². The van der Waals surface area contributed by atoms with Crippen molar-refractivity contribution in [3.8, 4) is 28.3 Å². The summed E-state index contributed by atoms with van der Waals surface area (Å²) in [7, 11) is 1.03. The number of nitrogens with one attached hydrogen (secondary N) is 3. The number of nitrogens with zero attached hydrogens (tertiary/aromatic N) is 2. The molecule has 4 aromatic carbocycles. The SMILES string of the molecule is CC[C@@]1(O)C(=O)OCc2c1cc1n(c2=O)Cc2c-1nc1cc(Cl)c(C)c3c1c2C(NC(=O)OCc1ccc(O[C@@H]2O[C@H](C(=O)OC)[C@@H](OC(C)=O)[C@H](OC(C)=O)[C@H]2OC(C)=O)c(NC(=O)COCCOCCNC(=O)OCC2c4ccccc4-c4ccccc42)c1)CC3. The van der Waals surface area contributed by atoms with Crippen LogP contribution in [0.5, 0.6) is 5.75 Å². The van der Waals surface area contributed by atoms with Crippen LogP contribution < -0.4 is 26.2 Å². The summed E-state index contributed by atoms with van der Waals surface area (Å²) in [5.74, 6) is -5.75. The molecule has 7 atom stereocenters. The van der Waals surface area contributed by atoms with E-state index in [1.165, 1.54) is 22.8 Å². The number of cyclic esters (lactones) is 1. The maximum atomic E-state index is 14.2. The highest BCUT2D eigenvalue weighted by molar-refractivity contribution is 6.32. The predicted octanol–water partition coefficient (Wildman–Crippen LogP) is 6.54. The maximum absolute atomic E-state index is 14.2. The summed E-state index contributed by atoms with van der Waals surface area (Å²) < 4.78 is 63.2. The number of methoxy groups -OCH3 is 1. The highest BCUT2D eigenvalue weighted by atomic mass is 35.5. The van der Waals surface area contributed by atoms with Crippen molar-refractivity contribution >= 4 is 76.1 Å². The minimum atomic E-state index is -2.07. The van der Waals surface area contributed by atoms with Crippen LogP contribution in [0.4, 0.5) is 15.3 Å². The lowest BCUT2D eigenvalue weighted by atomic mass is 9.82. The number of rotatable bonds is 21. The van der Waals surface area contributed by atoms with Gasteiger partial charge in [-0.15, -0.1) is 0 Å². The molecule has 0 bridgehead atoms. The van der Waals surface area contributed by atoms with Gasteiger partial charge in [-0.3, -0.25) is 24.0 Å². The smallest absolute Gasteiger partial charge is 0.407 e. The lowest BCUT2D eigenvalue weighted by Crippen LogP contribution is -2.64. The lowest BCUT2D eigenvalue weighted by molar-refractivity contribution is -0.282. The summed E-state index contributed by atoms with van der Waals surface area (Å²) in [5.41, 5.74) is 6.61. The number of alkyl carbamates (subject to hydrolysis) is 2. The van der Waals surface area contributed by atoms with E-state index in [1.54, 1.807) is 19.1 Å². The van der Waals surface area contributed by atoms with Gasteiger partial charge in [0.2, 0.25) is 18.3 Å². The van der Waals surface area contributed by atoms with Gasteiger partial charge in [-0.25, -0.2) is 24.2 Å². The first kappa shape index (κ1) is 65.0. The zero-order valence-electron chi connectivity index (χ0n) is 51.4. The molecule has 2 aromatic heterocycles. The predicted molar refractivity (Wildman–Crippen MR) is 326 cm³/mol. The van der Waals surface area contributed by atoms with Gasteiger partial charge in [0, 0.05) is 54.8 Å². The topological polar surface area (TPSA) is 329 Å². The first-order chi connectivity index (χ1) is 44.7. The van der Waals surface area contributed by atoms with Crippen molar-refractivity contribution < 1.29 is 95.6 Å². The Morgan fingerprint density at radius 1 is 0.806 bits per heavy atom. The number of aryl methyl sites for hydroxylation is 1. The normalized spacial score (nSPS) is 20.5. The summed E-state index contributed by atoms with van der Waals surface area (Å²) in [5, 5.41) is 21.1. The first-order valence-electron chi connectivity index (χ1n) is 30.0. The van der Waals surface area contributed by atoms with E-state index in [0.29, 0.717) is 45.9 Å². The van der Waals surface area contributed by atoms with Crippen molar-refractivity contribution in [3.05, 3.63) is 144 Å². The number of anilines is 1. The Balaban J connectivity index is 0.785. The monoisotopic (exact) mass is 1300 g/mol. The number of pyridine rings is 2. The number of esters is 5. The molecule has 1 saturated heterocycles. The fraction of sp³-hybridized carbons (Fsp3) is 0.394. The summed E-state index contributed by atoms with van der Waals surface area (Å²) in [6.07, 6.45) is -9.47. The summed E-state index contributed by atoms with van der Waals surface area (Å²) in [4.78, 5) is 124. The van der Waals surface area contributed by atoms with Crippen LogP contribution in [0.25, 0.3) is 33.4 Å². The molecule has 0 saturated carbocycles. The van der Waals surface area contributed by atoms with Crippen LogP contribution in [-0.2, 0) is 108 Å². The number of halogens is 1. The molecule has 27 heteroatoms. The number of benzene rings is 4. The molecule has 4 N–H and O–H groups in total. The van der Waals surface area contributed by atoms with Gasteiger partial charge in [0.25, 0.3) is 5.56 Å². The Morgan fingerprint density at radius 2 is 1.49 bits per heavy atom. The van der Waals surface area contributed by atoms with E-state index in [0.717, 1.165) is 66.6 Å². The van der Waals surface area contributed by atoms with E-state index in [1.807, 2.05) is 55.5 Å². The van der Waals surface area contributed by atoms with Crippen molar-refractivity contribution in [3.63, 3.8) is 0 Å². The first-order valence-corrected chi connectivity index (χ1v) is 30.4. The van der Waals surface area contributed by atoms with Gasteiger partial charge < -0.3 is 77.7 Å². The minimum absolute atomic E-state index is 0.0210. The number of ether oxygens (including phenoxy) is 11. The zero-order valence-corrected chi connectivity index (χ0v) is 52.2. The van der Waals surface area contributed by atoms with E-state index in [-0.39, 0.29) is 86.6 Å². The Labute approximate surface area is 536 Å². The third-order valence-electron chi connectivity index (χ3n) is 16.9. The van der Waals surface area contributed by atoms with E-state index < -0.39 is 109 Å². The van der Waals surface area contributed by atoms with Crippen molar-refractivity contribution in [2.75, 3.05) is 52.0 Å². The largest absolute Gasteiger partial charge is 0.467 e. The fourth-order valence-electron chi connectivity index (χ4n) is 12.6. The summed E-state index contributed by atoms with van der Waals surface area (Å²) in [6.45, 7) is 5.67. The van der Waals surface area contributed by atoms with E-state index in [4.69, 9.17) is 68.7 Å². The highest BCUT2D eigenvalue weighted by Crippen LogP contribution is 2.48. The van der Waals surface area contributed by atoms with Crippen LogP contribution in [-0.4, -0.2) is 140 Å². The van der Waals surface area contributed by atoms with Crippen LogP contribution in [0, 0.1) is 6.92 Å². The Morgan fingerprint density at radius 3 is 2.19 bits per heavy atom. The molecule has 93 heavy (non-hydrogen) atoms. The second-order valence-electron chi connectivity index (χ2n) is 22.7. The van der Waals surface area contributed by atoms with Crippen LogP contribution >= 0.6 is 11.6 Å². The molecular formula is C66H66ClN5O21. The standard InChI is InChI=1S/C66H66ClN5O21/c1-7-66(82)45-25-50-55-42(27-72(50)60(77)44(45)30-86-63(66)79)54-47(18-17-37-32(2)46(67)26-49(70-55)53(37)54)71-65(81)87-28-36-16-19-51(92-62-59(91-35(5)75)57(90-34(4)74)56(89-33(3)73)58(93-62)61(78)83-6)48(24-36)69-52(76)31-85-23-22-84-21-20-68-64(80)88-29-43-40-14-10-8-12-38(40)39-13-9-11-15-41(39)43/h8-16,19,24-26,43,47,56-59,62,82H,7,17-18,20-23,27-31H2,1-6H3,(H,68,80)(H,69,76)(H,71,81)/t47?,56-,57-,58-,59+,62+,66-/m0/s1. The third-order valence-corrected chi connectivity index (χ3v) is 17.3. The van der Waals surface area contributed by atoms with Gasteiger partial charge in [-0.05, 0) is 95.0 Å². The number of carbonyl (C=O) groups excluding carboxylic acids is 8. The van der Waals surface area contributed by atoms with Gasteiger partial charge in [0.15, 0.2) is 23.9 Å². The lowest BCUT2D eigenvalue weighted by Gasteiger charge is -2.43. The van der Waals surface area contributed by atoms with Crippen LogP contribution in [0.2, 0.25) is 5.02 Å². The molecule has 488 valence electrons. The molecule has 26 nitrogen and oxygen atoms in total. The Kier molecular flexibility index (Phi) is 19.2. The Hall–Kier alpha value is -9.47. The number of fused-ring (bicyclic) bond motifs is 8. The molecule has 11 rings (SSSR count). The van der Waals surface area contributed by atoms with Gasteiger partial charge in [0.1, 0.15) is 32.2 Å². The molecule has 5 aliphatic rings. The summed E-state index contributed by atoms with van der Waals surface area (Å²) in [6, 6.07) is 22.8. The number of carbonyl (C=O) groups is 8. The number of hydrogen-bond acceptors (Lipinski definition) is 22. The molecule has 2 aliphatic carbocycles. The molecule has 0 spiro atoms.